The Labute approximate surface area is 95.0 Å². The standard InChI is InChI=1S/C12H17NO3/c13-9-4-6-10(7-5-9)15-12-3-1-2-11(8-14)16-12/h4-7,11-12,14H,1-3,8,13H2/t11-,12+/m0/s1. The van der Waals surface area contributed by atoms with E-state index in [0.717, 1.165) is 25.0 Å². The third-order valence-corrected chi connectivity index (χ3v) is 2.66. The highest BCUT2D eigenvalue weighted by molar-refractivity contribution is 5.41. The Bertz CT molecular complexity index is 326. The normalized spacial score (nSPS) is 25.3. The zero-order chi connectivity index (χ0) is 11.4. The van der Waals surface area contributed by atoms with Crippen molar-refractivity contribution in [2.45, 2.75) is 31.7 Å². The Morgan fingerprint density at radius 1 is 1.31 bits per heavy atom. The summed E-state index contributed by atoms with van der Waals surface area (Å²) in [6.07, 6.45) is 2.44. The summed E-state index contributed by atoms with van der Waals surface area (Å²) in [6, 6.07) is 7.23. The molecule has 16 heavy (non-hydrogen) atoms. The number of hydrogen-bond acceptors (Lipinski definition) is 4. The molecule has 1 aliphatic rings. The smallest absolute Gasteiger partial charge is 0.200 e. The highest BCUT2D eigenvalue weighted by Crippen LogP contribution is 2.22. The molecule has 2 atom stereocenters. The lowest BCUT2D eigenvalue weighted by Gasteiger charge is -2.29. The summed E-state index contributed by atoms with van der Waals surface area (Å²) in [5.74, 6) is 0.748. The van der Waals surface area contributed by atoms with Crippen LogP contribution in [0, 0.1) is 0 Å². The second kappa shape index (κ2) is 5.18. The minimum Gasteiger partial charge on any atom is -0.465 e. The molecule has 1 saturated heterocycles. The Kier molecular flexibility index (Phi) is 3.64. The summed E-state index contributed by atoms with van der Waals surface area (Å²) in [6.45, 7) is 0.0571. The molecule has 88 valence electrons. The van der Waals surface area contributed by atoms with Crippen LogP contribution >= 0.6 is 0 Å². The van der Waals surface area contributed by atoms with E-state index in [9.17, 15) is 0 Å². The Morgan fingerprint density at radius 2 is 2.06 bits per heavy atom. The van der Waals surface area contributed by atoms with E-state index in [0.29, 0.717) is 5.69 Å². The molecule has 4 heteroatoms. The van der Waals surface area contributed by atoms with Gasteiger partial charge in [-0.2, -0.15) is 0 Å². The lowest BCUT2D eigenvalue weighted by atomic mass is 10.1. The number of rotatable bonds is 3. The fraction of sp³-hybridized carbons (Fsp3) is 0.500. The van der Waals surface area contributed by atoms with Crippen LogP contribution in [0.15, 0.2) is 24.3 Å². The number of nitrogens with two attached hydrogens (primary N) is 1. The van der Waals surface area contributed by atoms with E-state index in [2.05, 4.69) is 0 Å². The highest BCUT2D eigenvalue weighted by Gasteiger charge is 2.22. The van der Waals surface area contributed by atoms with Gasteiger partial charge in [0.15, 0.2) is 6.29 Å². The first kappa shape index (κ1) is 11.2. The number of anilines is 1. The van der Waals surface area contributed by atoms with Gasteiger partial charge >= 0.3 is 0 Å². The van der Waals surface area contributed by atoms with E-state index in [-0.39, 0.29) is 19.0 Å². The zero-order valence-corrected chi connectivity index (χ0v) is 9.13. The van der Waals surface area contributed by atoms with E-state index < -0.39 is 0 Å². The third-order valence-electron chi connectivity index (χ3n) is 2.66. The molecule has 0 bridgehead atoms. The van der Waals surface area contributed by atoms with E-state index in [4.69, 9.17) is 20.3 Å². The minimum absolute atomic E-state index is 0.0571. The predicted molar refractivity (Wildman–Crippen MR) is 61.1 cm³/mol. The van der Waals surface area contributed by atoms with Crippen LogP contribution in [0.25, 0.3) is 0 Å². The van der Waals surface area contributed by atoms with E-state index in [1.165, 1.54) is 0 Å². The van der Waals surface area contributed by atoms with Gasteiger partial charge in [-0.15, -0.1) is 0 Å². The molecule has 0 amide bonds. The molecule has 4 nitrogen and oxygen atoms in total. The molecule has 0 radical (unpaired) electrons. The highest BCUT2D eigenvalue weighted by atomic mass is 16.7. The first-order valence-corrected chi connectivity index (χ1v) is 5.56. The first-order valence-electron chi connectivity index (χ1n) is 5.56. The fourth-order valence-corrected chi connectivity index (χ4v) is 1.78. The maximum Gasteiger partial charge on any atom is 0.200 e. The number of ether oxygens (including phenoxy) is 2. The van der Waals surface area contributed by atoms with Crippen LogP contribution in [0.1, 0.15) is 19.3 Å². The van der Waals surface area contributed by atoms with Crippen LogP contribution in [0.4, 0.5) is 5.69 Å². The fourth-order valence-electron chi connectivity index (χ4n) is 1.78. The summed E-state index contributed by atoms with van der Waals surface area (Å²) >= 11 is 0. The van der Waals surface area contributed by atoms with Gasteiger partial charge in [0.05, 0.1) is 12.7 Å². The second-order valence-corrected chi connectivity index (χ2v) is 3.99. The van der Waals surface area contributed by atoms with Crippen LogP contribution in [-0.4, -0.2) is 24.1 Å². The summed E-state index contributed by atoms with van der Waals surface area (Å²) < 4.78 is 11.2. The molecule has 1 heterocycles. The van der Waals surface area contributed by atoms with Crippen molar-refractivity contribution in [3.05, 3.63) is 24.3 Å². The van der Waals surface area contributed by atoms with Gasteiger partial charge < -0.3 is 20.3 Å². The molecule has 0 spiro atoms. The molecular formula is C12H17NO3. The van der Waals surface area contributed by atoms with Gasteiger partial charge in [-0.1, -0.05) is 0 Å². The van der Waals surface area contributed by atoms with Crippen molar-refractivity contribution in [1.82, 2.24) is 0 Å². The lowest BCUT2D eigenvalue weighted by Crippen LogP contribution is -2.33. The number of benzene rings is 1. The van der Waals surface area contributed by atoms with Gasteiger partial charge in [-0.25, -0.2) is 0 Å². The molecule has 1 aromatic rings. The quantitative estimate of drug-likeness (QED) is 0.763. The van der Waals surface area contributed by atoms with Gasteiger partial charge in [-0.05, 0) is 37.1 Å². The van der Waals surface area contributed by atoms with Crippen LogP contribution < -0.4 is 10.5 Å². The summed E-state index contributed by atoms with van der Waals surface area (Å²) in [4.78, 5) is 0. The maximum atomic E-state index is 9.01. The van der Waals surface area contributed by atoms with E-state index in [1.807, 2.05) is 12.1 Å². The van der Waals surface area contributed by atoms with Gasteiger partial charge in [-0.3, -0.25) is 0 Å². The Hall–Kier alpha value is -1.26. The molecule has 1 aliphatic heterocycles. The average Bonchev–Trinajstić information content (AvgIpc) is 2.32. The molecule has 0 unspecified atom stereocenters. The summed E-state index contributed by atoms with van der Waals surface area (Å²) in [7, 11) is 0. The van der Waals surface area contributed by atoms with Crippen molar-refractivity contribution in [3.8, 4) is 5.75 Å². The Morgan fingerprint density at radius 3 is 2.75 bits per heavy atom. The molecule has 3 N–H and O–H groups in total. The number of hydrogen-bond donors (Lipinski definition) is 2. The summed E-state index contributed by atoms with van der Waals surface area (Å²) in [5, 5.41) is 9.01. The minimum atomic E-state index is -0.255. The van der Waals surface area contributed by atoms with E-state index in [1.54, 1.807) is 12.1 Å². The molecular weight excluding hydrogens is 206 g/mol. The topological polar surface area (TPSA) is 64.7 Å². The second-order valence-electron chi connectivity index (χ2n) is 3.99. The largest absolute Gasteiger partial charge is 0.465 e. The van der Waals surface area contributed by atoms with Crippen LogP contribution in [0.2, 0.25) is 0 Å². The van der Waals surface area contributed by atoms with Crippen LogP contribution in [-0.2, 0) is 4.74 Å². The Balaban J connectivity index is 1.91. The van der Waals surface area contributed by atoms with Gasteiger partial charge in [0.1, 0.15) is 5.75 Å². The predicted octanol–water partition coefficient (Wildman–Crippen LogP) is 1.54. The van der Waals surface area contributed by atoms with Gasteiger partial charge in [0.25, 0.3) is 0 Å². The number of aliphatic hydroxyl groups is 1. The lowest BCUT2D eigenvalue weighted by molar-refractivity contribution is -0.158. The monoisotopic (exact) mass is 223 g/mol. The van der Waals surface area contributed by atoms with Gasteiger partial charge in [0.2, 0.25) is 0 Å². The van der Waals surface area contributed by atoms with Crippen molar-refractivity contribution in [2.75, 3.05) is 12.3 Å². The van der Waals surface area contributed by atoms with Crippen molar-refractivity contribution < 1.29 is 14.6 Å². The average molecular weight is 223 g/mol. The number of nitrogen functional groups attached to an aromatic ring is 1. The molecule has 0 saturated carbocycles. The maximum absolute atomic E-state index is 9.01. The molecule has 1 aromatic carbocycles. The van der Waals surface area contributed by atoms with Crippen LogP contribution in [0.5, 0.6) is 5.75 Å². The third kappa shape index (κ3) is 2.87. The molecule has 2 rings (SSSR count). The van der Waals surface area contributed by atoms with Crippen LogP contribution in [0.3, 0.4) is 0 Å². The number of aliphatic hydroxyl groups excluding tert-OH is 1. The SMILES string of the molecule is Nc1ccc(O[C@H]2CCC[C@@H](CO)O2)cc1. The van der Waals surface area contributed by atoms with Crippen molar-refractivity contribution >= 4 is 5.69 Å². The van der Waals surface area contributed by atoms with Crippen molar-refractivity contribution in [2.24, 2.45) is 0 Å². The van der Waals surface area contributed by atoms with Crippen molar-refractivity contribution in [1.29, 1.82) is 0 Å². The molecule has 1 fully saturated rings. The molecule has 0 aromatic heterocycles. The molecule has 0 aliphatic carbocycles. The van der Waals surface area contributed by atoms with Crippen molar-refractivity contribution in [3.63, 3.8) is 0 Å². The first-order chi connectivity index (χ1) is 7.78. The van der Waals surface area contributed by atoms with E-state index >= 15 is 0 Å². The van der Waals surface area contributed by atoms with Gasteiger partial charge in [0, 0.05) is 12.1 Å². The summed E-state index contributed by atoms with van der Waals surface area (Å²) in [5.41, 5.74) is 6.30. The zero-order valence-electron chi connectivity index (χ0n) is 9.13.